The maximum absolute atomic E-state index is 6.51. The number of hydrogen-bond donors (Lipinski definition) is 0. The fraction of sp³-hybridized carbons (Fsp3) is 0. The van der Waals surface area contributed by atoms with Crippen LogP contribution in [0.25, 0.3) is 103 Å². The van der Waals surface area contributed by atoms with Crippen molar-refractivity contribution in [2.24, 2.45) is 0 Å². The van der Waals surface area contributed by atoms with Crippen LogP contribution in [0.4, 0.5) is 0 Å². The van der Waals surface area contributed by atoms with Gasteiger partial charge >= 0.3 is 0 Å². The monoisotopic (exact) mass is 643 g/mol. The molecule has 11 aromatic rings. The van der Waals surface area contributed by atoms with Crippen molar-refractivity contribution in [1.29, 1.82) is 0 Å². The van der Waals surface area contributed by atoms with E-state index in [4.69, 9.17) is 14.4 Å². The third-order valence-electron chi connectivity index (χ3n) is 9.83. The molecule has 49 heavy (non-hydrogen) atoms. The van der Waals surface area contributed by atoms with Crippen molar-refractivity contribution in [3.8, 4) is 28.3 Å². The lowest BCUT2D eigenvalue weighted by Crippen LogP contribution is -2.02. The third-order valence-corrected chi connectivity index (χ3v) is 11.0. The molecule has 228 valence electrons. The molecule has 0 atom stereocenters. The van der Waals surface area contributed by atoms with Crippen LogP contribution in [0.2, 0.25) is 0 Å². The van der Waals surface area contributed by atoms with Gasteiger partial charge < -0.3 is 4.42 Å². The van der Waals surface area contributed by atoms with Gasteiger partial charge in [0.1, 0.15) is 11.2 Å². The number of fused-ring (bicyclic) bond motifs is 11. The Labute approximate surface area is 284 Å². The van der Waals surface area contributed by atoms with Crippen LogP contribution in [0.1, 0.15) is 0 Å². The molecule has 0 radical (unpaired) electrons. The van der Waals surface area contributed by atoms with Crippen molar-refractivity contribution >= 4 is 86.2 Å². The van der Waals surface area contributed by atoms with Gasteiger partial charge in [-0.2, -0.15) is 0 Å². The van der Waals surface area contributed by atoms with Crippen molar-refractivity contribution < 1.29 is 4.42 Å². The number of para-hydroxylation sites is 2. The highest BCUT2D eigenvalue weighted by atomic mass is 32.1. The van der Waals surface area contributed by atoms with E-state index in [9.17, 15) is 0 Å². The van der Waals surface area contributed by atoms with Gasteiger partial charge in [0.05, 0.1) is 26.9 Å². The lowest BCUT2D eigenvalue weighted by molar-refractivity contribution is 0.672. The maximum Gasteiger partial charge on any atom is 0.235 e. The lowest BCUT2D eigenvalue weighted by Gasteiger charge is -2.11. The molecule has 4 heterocycles. The van der Waals surface area contributed by atoms with E-state index in [-0.39, 0.29) is 0 Å². The zero-order valence-corrected chi connectivity index (χ0v) is 26.9. The minimum atomic E-state index is 0.653. The van der Waals surface area contributed by atoms with Crippen LogP contribution in [0, 0.1) is 0 Å². The second kappa shape index (κ2) is 10.1. The molecule has 5 heteroatoms. The van der Waals surface area contributed by atoms with Crippen LogP contribution >= 0.6 is 11.3 Å². The van der Waals surface area contributed by atoms with Gasteiger partial charge in [0.25, 0.3) is 0 Å². The first-order valence-electron chi connectivity index (χ1n) is 16.4. The number of benzene rings is 7. The largest absolute Gasteiger partial charge is 0.455 e. The van der Waals surface area contributed by atoms with Gasteiger partial charge in [-0.3, -0.25) is 4.57 Å². The van der Waals surface area contributed by atoms with Crippen LogP contribution in [0.5, 0.6) is 0 Å². The van der Waals surface area contributed by atoms with Crippen LogP contribution in [-0.4, -0.2) is 14.5 Å². The summed E-state index contributed by atoms with van der Waals surface area (Å²) in [7, 11) is 0. The lowest BCUT2D eigenvalue weighted by atomic mass is 10.0. The molecule has 4 nitrogen and oxygen atoms in total. The summed E-state index contributed by atoms with van der Waals surface area (Å²) in [5.74, 6) is 0.653. The Balaban J connectivity index is 1.22. The molecule has 11 rings (SSSR count). The van der Waals surface area contributed by atoms with E-state index in [0.29, 0.717) is 5.95 Å². The second-order valence-corrected chi connectivity index (χ2v) is 13.6. The number of hydrogen-bond acceptors (Lipinski definition) is 4. The van der Waals surface area contributed by atoms with Gasteiger partial charge in [-0.15, -0.1) is 11.3 Å². The van der Waals surface area contributed by atoms with Crippen LogP contribution in [0.15, 0.2) is 156 Å². The molecule has 7 aromatic carbocycles. The van der Waals surface area contributed by atoms with Gasteiger partial charge in [-0.05, 0) is 52.9 Å². The Morgan fingerprint density at radius 1 is 0.490 bits per heavy atom. The van der Waals surface area contributed by atoms with E-state index in [2.05, 4.69) is 144 Å². The second-order valence-electron chi connectivity index (χ2n) is 12.6. The highest BCUT2D eigenvalue weighted by Crippen LogP contribution is 2.42. The third kappa shape index (κ3) is 3.91. The molecule has 0 saturated heterocycles. The predicted molar refractivity (Wildman–Crippen MR) is 205 cm³/mol. The van der Waals surface area contributed by atoms with E-state index in [1.54, 1.807) is 11.3 Å². The summed E-state index contributed by atoms with van der Waals surface area (Å²) in [6.45, 7) is 0. The fourth-order valence-corrected chi connectivity index (χ4v) is 8.67. The van der Waals surface area contributed by atoms with Gasteiger partial charge in [0.2, 0.25) is 5.95 Å². The number of rotatable bonds is 3. The van der Waals surface area contributed by atoms with E-state index >= 15 is 0 Å². The molecule has 0 spiro atoms. The van der Waals surface area contributed by atoms with Crippen LogP contribution in [0.3, 0.4) is 0 Å². The standard InChI is InChI=1S/C44H25N3OS/c1-2-10-26(11-3-1)27-18-20-28(21-19-27)40-43-41(33-14-6-9-17-39(33)49-43)46-44(45-40)47-36-15-7-4-12-30(36)35-24-29-22-23-32-31-13-5-8-16-38(31)48-42(32)34(29)25-37(35)47/h1-25H. The van der Waals surface area contributed by atoms with Crippen LogP contribution in [-0.2, 0) is 0 Å². The SMILES string of the molecule is c1ccc(-c2ccc(-c3nc(-n4c5ccccc5c5cc6ccc7c8ccccc8oc7c6cc54)nc4c3sc3ccccc34)cc2)cc1. The maximum atomic E-state index is 6.51. The van der Waals surface area contributed by atoms with Gasteiger partial charge in [-0.1, -0.05) is 115 Å². The molecule has 0 aliphatic rings. The quantitative estimate of drug-likeness (QED) is 0.192. The number of aromatic nitrogens is 3. The molecule has 0 saturated carbocycles. The smallest absolute Gasteiger partial charge is 0.235 e. The fourth-order valence-electron chi connectivity index (χ4n) is 7.51. The molecule has 0 amide bonds. The van der Waals surface area contributed by atoms with Gasteiger partial charge in [0, 0.05) is 42.6 Å². The van der Waals surface area contributed by atoms with E-state index < -0.39 is 0 Å². The Kier molecular flexibility index (Phi) is 5.51. The zero-order chi connectivity index (χ0) is 32.1. The average molecular weight is 644 g/mol. The normalized spacial score (nSPS) is 12.1. The van der Waals surface area contributed by atoms with Crippen molar-refractivity contribution in [3.05, 3.63) is 152 Å². The first kappa shape index (κ1) is 26.7. The zero-order valence-electron chi connectivity index (χ0n) is 26.1. The Morgan fingerprint density at radius 2 is 1.20 bits per heavy atom. The Hall–Kier alpha value is -6.30. The van der Waals surface area contributed by atoms with Crippen molar-refractivity contribution in [2.75, 3.05) is 0 Å². The van der Waals surface area contributed by atoms with E-state index in [1.165, 1.54) is 15.8 Å². The molecule has 0 bridgehead atoms. The summed E-state index contributed by atoms with van der Waals surface area (Å²) in [5.41, 5.74) is 9.26. The summed E-state index contributed by atoms with van der Waals surface area (Å²) in [6.07, 6.45) is 0. The predicted octanol–water partition coefficient (Wildman–Crippen LogP) is 12.3. The molecule has 0 N–H and O–H groups in total. The summed E-state index contributed by atoms with van der Waals surface area (Å²) in [6, 6.07) is 53.6. The summed E-state index contributed by atoms with van der Waals surface area (Å²) in [4.78, 5) is 10.8. The number of nitrogens with zero attached hydrogens (tertiary/aromatic N) is 3. The van der Waals surface area contributed by atoms with Crippen molar-refractivity contribution in [3.63, 3.8) is 0 Å². The molecule has 0 aliphatic carbocycles. The van der Waals surface area contributed by atoms with Crippen molar-refractivity contribution in [1.82, 2.24) is 14.5 Å². The highest BCUT2D eigenvalue weighted by molar-refractivity contribution is 7.26. The first-order valence-corrected chi connectivity index (χ1v) is 17.2. The number of thiophene rings is 1. The summed E-state index contributed by atoms with van der Waals surface area (Å²) >= 11 is 1.76. The average Bonchev–Trinajstić information content (AvgIpc) is 3.84. The minimum Gasteiger partial charge on any atom is -0.455 e. The number of furan rings is 1. The van der Waals surface area contributed by atoms with Gasteiger partial charge in [0.15, 0.2) is 0 Å². The summed E-state index contributed by atoms with van der Waals surface area (Å²) < 4.78 is 11.0. The molecule has 4 aromatic heterocycles. The topological polar surface area (TPSA) is 43.9 Å². The van der Waals surface area contributed by atoms with E-state index in [1.807, 2.05) is 12.1 Å². The van der Waals surface area contributed by atoms with Crippen molar-refractivity contribution in [2.45, 2.75) is 0 Å². The van der Waals surface area contributed by atoms with Crippen LogP contribution < -0.4 is 0 Å². The minimum absolute atomic E-state index is 0.653. The molecule has 0 aliphatic heterocycles. The highest BCUT2D eigenvalue weighted by Gasteiger charge is 2.21. The molecular formula is C44H25N3OS. The molecule has 0 fully saturated rings. The molecular weight excluding hydrogens is 619 g/mol. The molecule has 0 unspecified atom stereocenters. The Morgan fingerprint density at radius 3 is 2.08 bits per heavy atom. The van der Waals surface area contributed by atoms with E-state index in [0.717, 1.165) is 81.4 Å². The first-order chi connectivity index (χ1) is 24.3. The Bertz CT molecular complexity index is 3100. The summed E-state index contributed by atoms with van der Waals surface area (Å²) in [5, 5.41) is 7.92. The van der Waals surface area contributed by atoms with Gasteiger partial charge in [-0.25, -0.2) is 9.97 Å².